The molecule has 1 atom stereocenters. The zero-order chi connectivity index (χ0) is 15.4. The van der Waals surface area contributed by atoms with Crippen LogP contribution < -0.4 is 15.7 Å². The molecule has 0 amide bonds. The molecule has 3 aromatic rings. The van der Waals surface area contributed by atoms with Gasteiger partial charge in [-0.25, -0.2) is 0 Å². The van der Waals surface area contributed by atoms with E-state index >= 15 is 0 Å². The van der Waals surface area contributed by atoms with E-state index in [0.29, 0.717) is 0 Å². The number of benzene rings is 2. The fourth-order valence-electron chi connectivity index (χ4n) is 2.45. The summed E-state index contributed by atoms with van der Waals surface area (Å²) in [5, 5.41) is 7.11. The van der Waals surface area contributed by atoms with Crippen LogP contribution in [0.4, 0.5) is 0 Å². The molecule has 1 heterocycles. The monoisotopic (exact) mass is 327 g/mol. The first-order valence-electron chi connectivity index (χ1n) is 7.22. The quantitative estimate of drug-likeness (QED) is 0.707. The molecule has 0 aliphatic carbocycles. The van der Waals surface area contributed by atoms with Gasteiger partial charge in [-0.15, -0.1) is 11.3 Å². The molecule has 22 heavy (non-hydrogen) atoms. The highest BCUT2D eigenvalue weighted by atomic mass is 32.1. The molecule has 4 heteroatoms. The smallest absolute Gasteiger partial charge is 0.205 e. The second-order valence-electron chi connectivity index (χ2n) is 5.15. The Morgan fingerprint density at radius 3 is 1.86 bits per heavy atom. The maximum Gasteiger partial charge on any atom is 0.205 e. The van der Waals surface area contributed by atoms with Gasteiger partial charge in [-0.1, -0.05) is 42.5 Å². The minimum absolute atomic E-state index is 0.0336. The van der Waals surface area contributed by atoms with Crippen LogP contribution in [0.2, 0.25) is 0 Å². The Hall–Kier alpha value is -1.67. The van der Waals surface area contributed by atoms with Crippen LogP contribution in [0.3, 0.4) is 0 Å². The molecule has 112 valence electrons. The SMILES string of the molecule is C[C@@H](NP(=O)(c1ccccc1)c1ccccc1)c1cccs1. The van der Waals surface area contributed by atoms with Crippen molar-refractivity contribution in [1.29, 1.82) is 0 Å². The van der Waals surface area contributed by atoms with Crippen LogP contribution in [0.25, 0.3) is 0 Å². The molecule has 0 aliphatic rings. The topological polar surface area (TPSA) is 29.1 Å². The second-order valence-corrected chi connectivity index (χ2v) is 8.64. The Bertz CT molecular complexity index is 713. The summed E-state index contributed by atoms with van der Waals surface area (Å²) >= 11 is 1.68. The Morgan fingerprint density at radius 1 is 0.864 bits per heavy atom. The van der Waals surface area contributed by atoms with Crippen molar-refractivity contribution in [3.8, 4) is 0 Å². The van der Waals surface area contributed by atoms with Crippen LogP contribution in [-0.2, 0) is 4.57 Å². The first kappa shape index (κ1) is 15.2. The average Bonchev–Trinajstić information content (AvgIpc) is 3.11. The summed E-state index contributed by atoms with van der Waals surface area (Å²) in [7, 11) is -2.86. The van der Waals surface area contributed by atoms with E-state index in [1.807, 2.05) is 72.1 Å². The van der Waals surface area contributed by atoms with Gasteiger partial charge in [0.25, 0.3) is 0 Å². The molecule has 2 aromatic carbocycles. The number of thiophene rings is 1. The molecule has 0 bridgehead atoms. The number of nitrogens with one attached hydrogen (secondary N) is 1. The fraction of sp³-hybridized carbons (Fsp3) is 0.111. The second kappa shape index (κ2) is 6.62. The predicted molar refractivity (Wildman–Crippen MR) is 95.6 cm³/mol. The zero-order valence-corrected chi connectivity index (χ0v) is 14.1. The van der Waals surface area contributed by atoms with Gasteiger partial charge in [-0.05, 0) is 42.6 Å². The van der Waals surface area contributed by atoms with Crippen LogP contribution in [-0.4, -0.2) is 0 Å². The van der Waals surface area contributed by atoms with Gasteiger partial charge in [-0.3, -0.25) is 9.65 Å². The van der Waals surface area contributed by atoms with E-state index in [2.05, 4.69) is 18.1 Å². The molecule has 0 spiro atoms. The van der Waals surface area contributed by atoms with Crippen molar-refractivity contribution in [2.75, 3.05) is 0 Å². The van der Waals surface area contributed by atoms with Crippen LogP contribution in [0.5, 0.6) is 0 Å². The van der Waals surface area contributed by atoms with Gasteiger partial charge in [0, 0.05) is 21.5 Å². The summed E-state index contributed by atoms with van der Waals surface area (Å²) in [6.45, 7) is 2.06. The summed E-state index contributed by atoms with van der Waals surface area (Å²) in [5.41, 5.74) is 0. The Labute approximate surface area is 135 Å². The molecular weight excluding hydrogens is 309 g/mol. The lowest BCUT2D eigenvalue weighted by molar-refractivity contribution is 0.569. The summed E-state index contributed by atoms with van der Waals surface area (Å²) < 4.78 is 13.8. The van der Waals surface area contributed by atoms with E-state index in [1.54, 1.807) is 11.3 Å². The first-order valence-corrected chi connectivity index (χ1v) is 9.81. The molecule has 2 nitrogen and oxygen atoms in total. The van der Waals surface area contributed by atoms with Crippen LogP contribution in [0, 0.1) is 0 Å². The standard InChI is InChI=1S/C18H18NOPS/c1-15(18-13-8-14-22-18)19-21(20,16-9-4-2-5-10-16)17-11-6-3-7-12-17/h2-15H,1H3,(H,19,20)/t15-/m1/s1. The molecular formula is C18H18NOPS. The highest BCUT2D eigenvalue weighted by molar-refractivity contribution is 7.76. The van der Waals surface area contributed by atoms with E-state index < -0.39 is 7.29 Å². The van der Waals surface area contributed by atoms with E-state index in [1.165, 1.54) is 4.88 Å². The van der Waals surface area contributed by atoms with Crippen LogP contribution >= 0.6 is 18.6 Å². The molecule has 0 aliphatic heterocycles. The Kier molecular flexibility index (Phi) is 4.58. The molecule has 1 N–H and O–H groups in total. The van der Waals surface area contributed by atoms with Gasteiger partial charge in [-0.2, -0.15) is 0 Å². The number of hydrogen-bond acceptors (Lipinski definition) is 2. The summed E-state index contributed by atoms with van der Waals surface area (Å²) in [6, 6.07) is 23.5. The van der Waals surface area contributed by atoms with Crippen molar-refractivity contribution >= 4 is 29.2 Å². The van der Waals surface area contributed by atoms with E-state index in [0.717, 1.165) is 10.6 Å². The molecule has 0 saturated heterocycles. The van der Waals surface area contributed by atoms with Gasteiger partial charge in [0.2, 0.25) is 7.29 Å². The fourth-order valence-corrected chi connectivity index (χ4v) is 5.73. The van der Waals surface area contributed by atoms with E-state index in [9.17, 15) is 4.57 Å². The number of rotatable bonds is 5. The summed E-state index contributed by atoms with van der Waals surface area (Å²) in [4.78, 5) is 1.19. The lowest BCUT2D eigenvalue weighted by Gasteiger charge is -2.24. The normalized spacial score (nSPS) is 13.0. The van der Waals surface area contributed by atoms with Crippen molar-refractivity contribution in [2.45, 2.75) is 13.0 Å². The lowest BCUT2D eigenvalue weighted by Crippen LogP contribution is -2.29. The highest BCUT2D eigenvalue weighted by Crippen LogP contribution is 2.42. The maximum absolute atomic E-state index is 13.8. The molecule has 0 unspecified atom stereocenters. The highest BCUT2D eigenvalue weighted by Gasteiger charge is 2.29. The third kappa shape index (κ3) is 3.07. The summed E-state index contributed by atoms with van der Waals surface area (Å²) in [5.74, 6) is 0. The van der Waals surface area contributed by atoms with Crippen molar-refractivity contribution in [2.24, 2.45) is 0 Å². The Morgan fingerprint density at radius 2 is 1.41 bits per heavy atom. The van der Waals surface area contributed by atoms with Crippen molar-refractivity contribution in [1.82, 2.24) is 5.09 Å². The third-order valence-electron chi connectivity index (χ3n) is 3.59. The van der Waals surface area contributed by atoms with Crippen LogP contribution in [0.15, 0.2) is 78.2 Å². The van der Waals surface area contributed by atoms with Gasteiger partial charge in [0.1, 0.15) is 0 Å². The van der Waals surface area contributed by atoms with Crippen molar-refractivity contribution in [3.05, 3.63) is 83.1 Å². The third-order valence-corrected chi connectivity index (χ3v) is 7.44. The molecule has 0 fully saturated rings. The van der Waals surface area contributed by atoms with Gasteiger partial charge in [0.05, 0.1) is 0 Å². The first-order chi connectivity index (χ1) is 10.7. The van der Waals surface area contributed by atoms with Gasteiger partial charge in [0.15, 0.2) is 0 Å². The minimum Gasteiger partial charge on any atom is -0.297 e. The zero-order valence-electron chi connectivity index (χ0n) is 12.3. The molecule has 1 aromatic heterocycles. The molecule has 0 radical (unpaired) electrons. The molecule has 3 rings (SSSR count). The minimum atomic E-state index is -2.86. The Balaban J connectivity index is 2.02. The van der Waals surface area contributed by atoms with Crippen LogP contribution in [0.1, 0.15) is 17.8 Å². The maximum atomic E-state index is 13.8. The van der Waals surface area contributed by atoms with Crippen molar-refractivity contribution in [3.63, 3.8) is 0 Å². The molecule has 0 saturated carbocycles. The largest absolute Gasteiger partial charge is 0.297 e. The van der Waals surface area contributed by atoms with E-state index in [-0.39, 0.29) is 6.04 Å². The average molecular weight is 327 g/mol. The van der Waals surface area contributed by atoms with Crippen molar-refractivity contribution < 1.29 is 4.57 Å². The van der Waals surface area contributed by atoms with Gasteiger partial charge < -0.3 is 0 Å². The van der Waals surface area contributed by atoms with Gasteiger partial charge >= 0.3 is 0 Å². The number of hydrogen-bond donors (Lipinski definition) is 1. The van der Waals surface area contributed by atoms with E-state index in [4.69, 9.17) is 0 Å². The predicted octanol–water partition coefficient (Wildman–Crippen LogP) is 4.33. The lowest BCUT2D eigenvalue weighted by atomic mass is 10.3. The summed E-state index contributed by atoms with van der Waals surface area (Å²) in [6.07, 6.45) is 0.